The molecule has 2 nitrogen and oxygen atoms in total. The van der Waals surface area contributed by atoms with Crippen molar-refractivity contribution in [3.8, 4) is 0 Å². The molecule has 2 heteroatoms. The molecule has 0 radical (unpaired) electrons. The van der Waals surface area contributed by atoms with E-state index in [1.54, 1.807) is 0 Å². The molecule has 1 fully saturated rings. The zero-order valence-electron chi connectivity index (χ0n) is 8.11. The van der Waals surface area contributed by atoms with E-state index < -0.39 is 0 Å². The Hall–Kier alpha value is -0.340. The lowest BCUT2D eigenvalue weighted by atomic mass is 9.83. The highest BCUT2D eigenvalue weighted by molar-refractivity contribution is 4.95. The number of ether oxygens (including phenoxy) is 1. The van der Waals surface area contributed by atoms with Gasteiger partial charge in [0.25, 0.3) is 0 Å². The first-order valence-corrected chi connectivity index (χ1v) is 5.38. The summed E-state index contributed by atoms with van der Waals surface area (Å²) in [5, 5.41) is 0. The standard InChI is InChI=1S/C11H19NO/c12-8-10-6-7-13-11(10)9-4-2-1-3-5-9/h1-2,9-11H,3-8,12H2. The molecule has 1 heterocycles. The van der Waals surface area contributed by atoms with Crippen LogP contribution in [0.1, 0.15) is 25.7 Å². The molecule has 1 aliphatic heterocycles. The molecule has 1 aliphatic carbocycles. The largest absolute Gasteiger partial charge is 0.378 e. The normalized spacial score (nSPS) is 39.6. The Morgan fingerprint density at radius 2 is 2.23 bits per heavy atom. The SMILES string of the molecule is NCC1CCOC1C1CC=CCC1. The fraction of sp³-hybridized carbons (Fsp3) is 0.818. The van der Waals surface area contributed by atoms with E-state index in [4.69, 9.17) is 10.5 Å². The number of hydrogen-bond acceptors (Lipinski definition) is 2. The van der Waals surface area contributed by atoms with Crippen LogP contribution in [0.5, 0.6) is 0 Å². The van der Waals surface area contributed by atoms with E-state index in [1.165, 1.54) is 25.7 Å². The number of nitrogens with two attached hydrogens (primary N) is 1. The summed E-state index contributed by atoms with van der Waals surface area (Å²) in [6.45, 7) is 1.72. The summed E-state index contributed by atoms with van der Waals surface area (Å²) in [4.78, 5) is 0. The molecule has 0 spiro atoms. The molecule has 2 N–H and O–H groups in total. The third-order valence-electron chi connectivity index (χ3n) is 3.34. The van der Waals surface area contributed by atoms with Gasteiger partial charge in [-0.05, 0) is 44.1 Å². The highest BCUT2D eigenvalue weighted by atomic mass is 16.5. The van der Waals surface area contributed by atoms with Gasteiger partial charge in [0.15, 0.2) is 0 Å². The molecular formula is C11H19NO. The van der Waals surface area contributed by atoms with Crippen molar-refractivity contribution < 1.29 is 4.74 Å². The fourth-order valence-electron chi connectivity index (χ4n) is 2.54. The Labute approximate surface area is 80.1 Å². The van der Waals surface area contributed by atoms with Crippen LogP contribution >= 0.6 is 0 Å². The number of rotatable bonds is 2. The Kier molecular flexibility index (Phi) is 3.01. The second kappa shape index (κ2) is 4.25. The highest BCUT2D eigenvalue weighted by Gasteiger charge is 2.33. The van der Waals surface area contributed by atoms with Crippen molar-refractivity contribution in [3.63, 3.8) is 0 Å². The Morgan fingerprint density at radius 1 is 1.31 bits per heavy atom. The predicted molar refractivity (Wildman–Crippen MR) is 53.4 cm³/mol. The van der Waals surface area contributed by atoms with Crippen LogP contribution in [0.4, 0.5) is 0 Å². The van der Waals surface area contributed by atoms with Gasteiger partial charge in [-0.1, -0.05) is 12.2 Å². The van der Waals surface area contributed by atoms with E-state index in [1.807, 2.05) is 0 Å². The summed E-state index contributed by atoms with van der Waals surface area (Å²) in [7, 11) is 0. The second-order valence-electron chi connectivity index (χ2n) is 4.16. The van der Waals surface area contributed by atoms with E-state index in [9.17, 15) is 0 Å². The van der Waals surface area contributed by atoms with E-state index in [2.05, 4.69) is 12.2 Å². The average molecular weight is 181 g/mol. The molecule has 0 saturated carbocycles. The number of allylic oxidation sites excluding steroid dienone is 2. The highest BCUT2D eigenvalue weighted by Crippen LogP contribution is 2.32. The molecule has 2 rings (SSSR count). The van der Waals surface area contributed by atoms with Gasteiger partial charge in [-0.15, -0.1) is 0 Å². The Morgan fingerprint density at radius 3 is 2.92 bits per heavy atom. The molecule has 0 bridgehead atoms. The van der Waals surface area contributed by atoms with Gasteiger partial charge in [0.1, 0.15) is 0 Å². The molecule has 3 unspecified atom stereocenters. The molecule has 1 saturated heterocycles. The van der Waals surface area contributed by atoms with Crippen LogP contribution in [0.15, 0.2) is 12.2 Å². The molecule has 0 aromatic carbocycles. The molecule has 2 aliphatic rings. The zero-order chi connectivity index (χ0) is 9.10. The van der Waals surface area contributed by atoms with Gasteiger partial charge in [0, 0.05) is 6.61 Å². The van der Waals surface area contributed by atoms with Gasteiger partial charge in [0.05, 0.1) is 6.10 Å². The van der Waals surface area contributed by atoms with Crippen LogP contribution in [0.3, 0.4) is 0 Å². The van der Waals surface area contributed by atoms with Gasteiger partial charge in [-0.3, -0.25) is 0 Å². The smallest absolute Gasteiger partial charge is 0.0647 e. The van der Waals surface area contributed by atoms with Crippen molar-refractivity contribution in [2.75, 3.05) is 13.2 Å². The van der Waals surface area contributed by atoms with E-state index in [0.717, 1.165) is 19.1 Å². The predicted octanol–water partition coefficient (Wildman–Crippen LogP) is 1.71. The zero-order valence-corrected chi connectivity index (χ0v) is 8.11. The van der Waals surface area contributed by atoms with Crippen LogP contribution in [-0.2, 0) is 4.74 Å². The lowest BCUT2D eigenvalue weighted by Gasteiger charge is -2.27. The minimum Gasteiger partial charge on any atom is -0.378 e. The van der Waals surface area contributed by atoms with Gasteiger partial charge in [-0.25, -0.2) is 0 Å². The Bertz CT molecular complexity index is 191. The van der Waals surface area contributed by atoms with E-state index in [0.29, 0.717) is 12.0 Å². The van der Waals surface area contributed by atoms with Crippen molar-refractivity contribution in [1.82, 2.24) is 0 Å². The first kappa shape index (κ1) is 9.22. The molecule has 0 aromatic heterocycles. The quantitative estimate of drug-likeness (QED) is 0.658. The summed E-state index contributed by atoms with van der Waals surface area (Å²) in [5.74, 6) is 1.36. The summed E-state index contributed by atoms with van der Waals surface area (Å²) in [6.07, 6.45) is 9.91. The average Bonchev–Trinajstić information content (AvgIpc) is 2.67. The maximum absolute atomic E-state index is 5.78. The van der Waals surface area contributed by atoms with E-state index >= 15 is 0 Å². The van der Waals surface area contributed by atoms with Gasteiger partial charge < -0.3 is 10.5 Å². The van der Waals surface area contributed by atoms with E-state index in [-0.39, 0.29) is 0 Å². The first-order chi connectivity index (χ1) is 6.42. The summed E-state index contributed by atoms with van der Waals surface area (Å²) < 4.78 is 5.78. The van der Waals surface area contributed by atoms with Crippen LogP contribution in [-0.4, -0.2) is 19.3 Å². The van der Waals surface area contributed by atoms with Crippen molar-refractivity contribution in [2.45, 2.75) is 31.8 Å². The lowest BCUT2D eigenvalue weighted by Crippen LogP contribution is -2.31. The van der Waals surface area contributed by atoms with Crippen LogP contribution in [0.25, 0.3) is 0 Å². The fourth-order valence-corrected chi connectivity index (χ4v) is 2.54. The Balaban J connectivity index is 1.94. The molecule has 13 heavy (non-hydrogen) atoms. The number of hydrogen-bond donors (Lipinski definition) is 1. The summed E-state index contributed by atoms with van der Waals surface area (Å²) >= 11 is 0. The van der Waals surface area contributed by atoms with Crippen LogP contribution < -0.4 is 5.73 Å². The van der Waals surface area contributed by atoms with Gasteiger partial charge >= 0.3 is 0 Å². The summed E-state index contributed by atoms with van der Waals surface area (Å²) in [5.41, 5.74) is 5.73. The van der Waals surface area contributed by atoms with Crippen molar-refractivity contribution in [3.05, 3.63) is 12.2 Å². The maximum atomic E-state index is 5.78. The lowest BCUT2D eigenvalue weighted by molar-refractivity contribution is 0.0395. The van der Waals surface area contributed by atoms with Crippen molar-refractivity contribution in [1.29, 1.82) is 0 Å². The van der Waals surface area contributed by atoms with Crippen molar-refractivity contribution in [2.24, 2.45) is 17.6 Å². The maximum Gasteiger partial charge on any atom is 0.0647 e. The molecule has 0 amide bonds. The topological polar surface area (TPSA) is 35.2 Å². The first-order valence-electron chi connectivity index (χ1n) is 5.38. The van der Waals surface area contributed by atoms with Gasteiger partial charge in [-0.2, -0.15) is 0 Å². The van der Waals surface area contributed by atoms with Crippen LogP contribution in [0.2, 0.25) is 0 Å². The third-order valence-corrected chi connectivity index (χ3v) is 3.34. The summed E-state index contributed by atoms with van der Waals surface area (Å²) in [6, 6.07) is 0. The minimum absolute atomic E-state index is 0.454. The molecule has 74 valence electrons. The monoisotopic (exact) mass is 181 g/mol. The minimum atomic E-state index is 0.454. The molecule has 3 atom stereocenters. The van der Waals surface area contributed by atoms with Crippen LogP contribution in [0, 0.1) is 11.8 Å². The third kappa shape index (κ3) is 1.94. The molecule has 0 aromatic rings. The molecular weight excluding hydrogens is 162 g/mol. The van der Waals surface area contributed by atoms with Gasteiger partial charge in [0.2, 0.25) is 0 Å². The van der Waals surface area contributed by atoms with Crippen molar-refractivity contribution >= 4 is 0 Å². The second-order valence-corrected chi connectivity index (χ2v) is 4.16.